The molecule has 0 spiro atoms. The Morgan fingerprint density at radius 1 is 1.42 bits per heavy atom. The molecule has 98 valence electrons. The highest BCUT2D eigenvalue weighted by Gasteiger charge is 2.20. The largest absolute Gasteiger partial charge is 0.497 e. The molecule has 0 unspecified atom stereocenters. The van der Waals surface area contributed by atoms with Crippen molar-refractivity contribution in [1.29, 1.82) is 0 Å². The first-order valence-corrected chi connectivity index (χ1v) is 5.96. The van der Waals surface area contributed by atoms with E-state index in [1.54, 1.807) is 0 Å². The molecule has 0 radical (unpaired) electrons. The Hall–Kier alpha value is -2.02. The number of ether oxygens (including phenoxy) is 1. The molecule has 7 heteroatoms. The molecule has 0 saturated heterocycles. The maximum Gasteiger partial charge on any atom is 0.296 e. The fourth-order valence-electron chi connectivity index (χ4n) is 1.59. The second-order valence-electron chi connectivity index (χ2n) is 3.62. The number of methoxy groups -OCH3 is 1. The van der Waals surface area contributed by atoms with Crippen LogP contribution in [0, 0.1) is 15.9 Å². The van der Waals surface area contributed by atoms with Crippen LogP contribution in [0.4, 0.5) is 10.1 Å². The van der Waals surface area contributed by atoms with E-state index in [2.05, 4.69) is 20.9 Å². The van der Waals surface area contributed by atoms with E-state index < -0.39 is 10.7 Å². The van der Waals surface area contributed by atoms with Crippen molar-refractivity contribution >= 4 is 21.6 Å². The zero-order valence-electron chi connectivity index (χ0n) is 9.76. The number of halogens is 2. The van der Waals surface area contributed by atoms with Crippen molar-refractivity contribution in [2.45, 2.75) is 0 Å². The van der Waals surface area contributed by atoms with Gasteiger partial charge in [-0.15, -0.1) is 0 Å². The Bertz CT molecular complexity index is 649. The normalized spacial score (nSPS) is 10.3. The number of benzene rings is 1. The van der Waals surface area contributed by atoms with Gasteiger partial charge in [-0.2, -0.15) is 0 Å². The highest BCUT2D eigenvalue weighted by Crippen LogP contribution is 2.33. The fraction of sp³-hybridized carbons (Fsp3) is 0.0833. The maximum atomic E-state index is 13.8. The van der Waals surface area contributed by atoms with Gasteiger partial charge in [0, 0.05) is 22.3 Å². The topological polar surface area (TPSA) is 65.3 Å². The quantitative estimate of drug-likeness (QED) is 0.638. The van der Waals surface area contributed by atoms with Crippen molar-refractivity contribution in [2.75, 3.05) is 7.11 Å². The standard InChI is InChI=1S/C12H8BrFN2O3/c1-19-8-2-3-10(14)9(5-8)12-11(16(17)18)4-7(13)6-15-12/h2-6H,1H3. The van der Waals surface area contributed by atoms with Crippen LogP contribution in [0.25, 0.3) is 11.3 Å². The Labute approximate surface area is 116 Å². The second-order valence-corrected chi connectivity index (χ2v) is 4.54. The van der Waals surface area contributed by atoms with E-state index in [-0.39, 0.29) is 16.9 Å². The van der Waals surface area contributed by atoms with Crippen molar-refractivity contribution in [2.24, 2.45) is 0 Å². The zero-order chi connectivity index (χ0) is 14.0. The zero-order valence-corrected chi connectivity index (χ0v) is 11.3. The molecule has 1 aromatic heterocycles. The van der Waals surface area contributed by atoms with Crippen molar-refractivity contribution < 1.29 is 14.1 Å². The van der Waals surface area contributed by atoms with Crippen LogP contribution >= 0.6 is 15.9 Å². The van der Waals surface area contributed by atoms with Gasteiger partial charge in [-0.05, 0) is 34.1 Å². The maximum absolute atomic E-state index is 13.8. The summed E-state index contributed by atoms with van der Waals surface area (Å²) in [5, 5.41) is 11.0. The minimum absolute atomic E-state index is 0.0264. The molecule has 0 atom stereocenters. The molecule has 2 aromatic rings. The average molecular weight is 327 g/mol. The Balaban J connectivity index is 2.67. The lowest BCUT2D eigenvalue weighted by Gasteiger charge is -2.06. The van der Waals surface area contributed by atoms with Crippen molar-refractivity contribution in [3.05, 3.63) is 50.9 Å². The van der Waals surface area contributed by atoms with Crippen LogP contribution in [-0.4, -0.2) is 17.0 Å². The summed E-state index contributed by atoms with van der Waals surface area (Å²) in [6, 6.07) is 5.27. The highest BCUT2D eigenvalue weighted by atomic mass is 79.9. The van der Waals surface area contributed by atoms with Gasteiger partial charge in [0.05, 0.1) is 12.0 Å². The number of hydrogen-bond acceptors (Lipinski definition) is 4. The molecule has 5 nitrogen and oxygen atoms in total. The summed E-state index contributed by atoms with van der Waals surface area (Å²) < 4.78 is 19.2. The predicted octanol–water partition coefficient (Wildman–Crippen LogP) is 3.57. The van der Waals surface area contributed by atoms with Gasteiger partial charge < -0.3 is 4.74 Å². The molecule has 1 aromatic carbocycles. The number of aromatic nitrogens is 1. The summed E-state index contributed by atoms with van der Waals surface area (Å²) >= 11 is 3.10. The van der Waals surface area contributed by atoms with E-state index in [0.717, 1.165) is 0 Å². The van der Waals surface area contributed by atoms with Gasteiger partial charge >= 0.3 is 0 Å². The van der Waals surface area contributed by atoms with Crippen molar-refractivity contribution in [3.63, 3.8) is 0 Å². The molecule has 0 saturated carbocycles. The van der Waals surface area contributed by atoms with Crippen LogP contribution in [0.15, 0.2) is 34.9 Å². The van der Waals surface area contributed by atoms with Gasteiger partial charge in [-0.1, -0.05) is 0 Å². The summed E-state index contributed by atoms with van der Waals surface area (Å²) in [4.78, 5) is 14.3. The molecule has 0 bridgehead atoms. The third-order valence-corrected chi connectivity index (χ3v) is 2.89. The third-order valence-electron chi connectivity index (χ3n) is 2.46. The van der Waals surface area contributed by atoms with Gasteiger partial charge in [0.25, 0.3) is 5.69 Å². The lowest BCUT2D eigenvalue weighted by atomic mass is 10.1. The number of rotatable bonds is 3. The Morgan fingerprint density at radius 3 is 2.79 bits per heavy atom. The number of nitro groups is 1. The van der Waals surface area contributed by atoms with Crippen LogP contribution in [-0.2, 0) is 0 Å². The Morgan fingerprint density at radius 2 is 2.16 bits per heavy atom. The lowest BCUT2D eigenvalue weighted by molar-refractivity contribution is -0.384. The van der Waals surface area contributed by atoms with E-state index in [9.17, 15) is 14.5 Å². The molecule has 19 heavy (non-hydrogen) atoms. The van der Waals surface area contributed by atoms with Gasteiger partial charge in [0.2, 0.25) is 0 Å². The molecule has 0 amide bonds. The monoisotopic (exact) mass is 326 g/mol. The lowest BCUT2D eigenvalue weighted by Crippen LogP contribution is -1.97. The highest BCUT2D eigenvalue weighted by molar-refractivity contribution is 9.10. The molecule has 0 fully saturated rings. The van der Waals surface area contributed by atoms with Gasteiger partial charge in [0.1, 0.15) is 11.6 Å². The van der Waals surface area contributed by atoms with E-state index in [1.165, 1.54) is 37.6 Å². The molecule has 0 aliphatic rings. The SMILES string of the molecule is COc1ccc(F)c(-c2ncc(Br)cc2[N+](=O)[O-])c1. The first kappa shape index (κ1) is 13.4. The van der Waals surface area contributed by atoms with Crippen molar-refractivity contribution in [3.8, 4) is 17.0 Å². The Kier molecular flexibility index (Phi) is 3.75. The first-order valence-electron chi connectivity index (χ1n) is 5.16. The van der Waals surface area contributed by atoms with Crippen LogP contribution in [0.1, 0.15) is 0 Å². The summed E-state index contributed by atoms with van der Waals surface area (Å²) in [5.41, 5.74) is -0.287. The molecule has 0 aliphatic heterocycles. The van der Waals surface area contributed by atoms with Crippen LogP contribution in [0.2, 0.25) is 0 Å². The van der Waals surface area contributed by atoms with Crippen LogP contribution in [0.5, 0.6) is 5.75 Å². The van der Waals surface area contributed by atoms with Crippen LogP contribution in [0.3, 0.4) is 0 Å². The number of nitrogens with zero attached hydrogens (tertiary/aromatic N) is 2. The molecular weight excluding hydrogens is 319 g/mol. The first-order chi connectivity index (χ1) is 9.02. The molecule has 0 N–H and O–H groups in total. The minimum atomic E-state index is -0.605. The van der Waals surface area contributed by atoms with E-state index in [4.69, 9.17) is 4.74 Å². The third kappa shape index (κ3) is 2.70. The van der Waals surface area contributed by atoms with E-state index in [0.29, 0.717) is 10.2 Å². The van der Waals surface area contributed by atoms with Gasteiger partial charge in [-0.3, -0.25) is 10.1 Å². The van der Waals surface area contributed by atoms with E-state index in [1.807, 2.05) is 0 Å². The second kappa shape index (κ2) is 5.31. The molecule has 1 heterocycles. The van der Waals surface area contributed by atoms with Crippen molar-refractivity contribution in [1.82, 2.24) is 4.98 Å². The predicted molar refractivity (Wildman–Crippen MR) is 70.5 cm³/mol. The number of pyridine rings is 1. The average Bonchev–Trinajstić information content (AvgIpc) is 2.39. The molecule has 0 aliphatic carbocycles. The fourth-order valence-corrected chi connectivity index (χ4v) is 1.91. The van der Waals surface area contributed by atoms with Crippen LogP contribution < -0.4 is 4.74 Å². The summed E-state index contributed by atoms with van der Waals surface area (Å²) in [6.45, 7) is 0. The van der Waals surface area contributed by atoms with E-state index >= 15 is 0 Å². The molecule has 2 rings (SSSR count). The number of hydrogen-bond donors (Lipinski definition) is 0. The summed E-state index contributed by atoms with van der Waals surface area (Å²) in [5.74, 6) is -0.200. The minimum Gasteiger partial charge on any atom is -0.497 e. The summed E-state index contributed by atoms with van der Waals surface area (Å²) in [7, 11) is 1.43. The smallest absolute Gasteiger partial charge is 0.296 e. The van der Waals surface area contributed by atoms with Gasteiger partial charge in [-0.25, -0.2) is 9.37 Å². The summed E-state index contributed by atoms with van der Waals surface area (Å²) in [6.07, 6.45) is 1.38. The van der Waals surface area contributed by atoms with Gasteiger partial charge in [0.15, 0.2) is 5.69 Å². The molecular formula is C12H8BrFN2O3.